The van der Waals surface area contributed by atoms with Crippen LogP contribution in [0.1, 0.15) is 17.5 Å². The summed E-state index contributed by atoms with van der Waals surface area (Å²) in [4.78, 5) is 0. The van der Waals surface area contributed by atoms with Crippen LogP contribution in [0, 0.1) is 0 Å². The molecule has 0 saturated carbocycles. The molecule has 0 spiro atoms. The van der Waals surface area contributed by atoms with Gasteiger partial charge in [0.25, 0.3) is 0 Å². The summed E-state index contributed by atoms with van der Waals surface area (Å²) in [5.41, 5.74) is 4.43. The number of halogens is 2. The van der Waals surface area contributed by atoms with E-state index in [1.54, 1.807) is 0 Å². The van der Waals surface area contributed by atoms with Gasteiger partial charge < -0.3 is 4.42 Å². The lowest BCUT2D eigenvalue weighted by Gasteiger charge is -2.12. The van der Waals surface area contributed by atoms with E-state index in [1.807, 2.05) is 18.2 Å². The maximum atomic E-state index is 6.09. The first-order valence-corrected chi connectivity index (χ1v) is 7.41. The molecule has 0 saturated heterocycles. The molecule has 1 aliphatic rings. The molecule has 0 unspecified atom stereocenters. The van der Waals surface area contributed by atoms with Crippen molar-refractivity contribution in [1.82, 2.24) is 0 Å². The van der Waals surface area contributed by atoms with E-state index in [2.05, 4.69) is 34.1 Å². The van der Waals surface area contributed by atoms with Crippen molar-refractivity contribution in [3.8, 4) is 0 Å². The Morgan fingerprint density at radius 2 is 2.05 bits per heavy atom. The Balaban J connectivity index is 2.21. The third kappa shape index (κ3) is 1.67. The van der Waals surface area contributed by atoms with Crippen molar-refractivity contribution in [3.63, 3.8) is 0 Å². The monoisotopic (exact) mass is 332 g/mol. The summed E-state index contributed by atoms with van der Waals surface area (Å²) in [5, 5.41) is 2.96. The zero-order valence-electron chi connectivity index (χ0n) is 10.0. The van der Waals surface area contributed by atoms with Crippen LogP contribution in [0.5, 0.6) is 0 Å². The molecule has 0 bridgehead atoms. The lowest BCUT2D eigenvalue weighted by Crippen LogP contribution is -1.95. The number of benzene rings is 2. The SMILES string of the molecule is Clc1ccc2oc3c4c(c(Br)cc3c2c1)C=CCC4. The van der Waals surface area contributed by atoms with Crippen LogP contribution in [0.25, 0.3) is 28.0 Å². The fraction of sp³-hybridized carbons (Fsp3) is 0.125. The molecule has 0 N–H and O–H groups in total. The number of hydrogen-bond acceptors (Lipinski definition) is 1. The second-order valence-corrected chi connectivity index (χ2v) is 6.10. The first-order valence-electron chi connectivity index (χ1n) is 6.24. The standard InChI is InChI=1S/C16H10BrClO/c17-14-8-13-12-7-9(18)5-6-15(12)19-16(13)11-4-2-1-3-10(11)14/h1,3,5-8H,2,4H2. The van der Waals surface area contributed by atoms with Crippen LogP contribution < -0.4 is 0 Å². The van der Waals surface area contributed by atoms with Crippen LogP contribution in [0.3, 0.4) is 0 Å². The molecular weight excluding hydrogens is 324 g/mol. The highest BCUT2D eigenvalue weighted by molar-refractivity contribution is 9.10. The topological polar surface area (TPSA) is 13.1 Å². The molecule has 3 aromatic rings. The van der Waals surface area contributed by atoms with Gasteiger partial charge in [-0.1, -0.05) is 39.7 Å². The Morgan fingerprint density at radius 3 is 2.95 bits per heavy atom. The van der Waals surface area contributed by atoms with Gasteiger partial charge >= 0.3 is 0 Å². The summed E-state index contributed by atoms with van der Waals surface area (Å²) in [6.07, 6.45) is 6.46. The summed E-state index contributed by atoms with van der Waals surface area (Å²) in [6.45, 7) is 0. The van der Waals surface area contributed by atoms with E-state index in [1.165, 1.54) is 11.1 Å². The van der Waals surface area contributed by atoms with Gasteiger partial charge in [-0.15, -0.1) is 0 Å². The van der Waals surface area contributed by atoms with Crippen LogP contribution in [-0.2, 0) is 6.42 Å². The minimum atomic E-state index is 0.740. The lowest BCUT2D eigenvalue weighted by molar-refractivity contribution is 0.661. The van der Waals surface area contributed by atoms with E-state index in [-0.39, 0.29) is 0 Å². The first-order chi connectivity index (χ1) is 9.24. The third-order valence-corrected chi connectivity index (χ3v) is 4.55. The molecule has 2 aromatic carbocycles. The molecule has 0 amide bonds. The Kier molecular flexibility index (Phi) is 2.51. The Labute approximate surface area is 124 Å². The summed E-state index contributed by atoms with van der Waals surface area (Å²) >= 11 is 9.76. The van der Waals surface area contributed by atoms with Crippen LogP contribution in [0.2, 0.25) is 5.02 Å². The minimum absolute atomic E-state index is 0.740. The Morgan fingerprint density at radius 1 is 1.16 bits per heavy atom. The highest BCUT2D eigenvalue weighted by Gasteiger charge is 2.17. The summed E-state index contributed by atoms with van der Waals surface area (Å²) in [5.74, 6) is 0. The van der Waals surface area contributed by atoms with Gasteiger partial charge in [-0.2, -0.15) is 0 Å². The smallest absolute Gasteiger partial charge is 0.139 e. The van der Waals surface area contributed by atoms with Crippen LogP contribution in [-0.4, -0.2) is 0 Å². The second-order valence-electron chi connectivity index (χ2n) is 4.81. The molecule has 3 heteroatoms. The van der Waals surface area contributed by atoms with Crippen LogP contribution >= 0.6 is 27.5 Å². The minimum Gasteiger partial charge on any atom is -0.456 e. The van der Waals surface area contributed by atoms with Crippen molar-refractivity contribution in [3.05, 3.63) is 51.0 Å². The highest BCUT2D eigenvalue weighted by atomic mass is 79.9. The maximum absolute atomic E-state index is 6.09. The molecular formula is C16H10BrClO. The number of aryl methyl sites for hydroxylation is 1. The van der Waals surface area contributed by atoms with E-state index in [9.17, 15) is 0 Å². The van der Waals surface area contributed by atoms with E-state index in [0.717, 1.165) is 44.3 Å². The zero-order chi connectivity index (χ0) is 13.0. The zero-order valence-corrected chi connectivity index (χ0v) is 12.4. The van der Waals surface area contributed by atoms with Gasteiger partial charge in [0.15, 0.2) is 0 Å². The lowest BCUT2D eigenvalue weighted by atomic mass is 9.95. The number of allylic oxidation sites excluding steroid dienone is 1. The van der Waals surface area contributed by atoms with E-state index in [4.69, 9.17) is 16.0 Å². The number of hydrogen-bond donors (Lipinski definition) is 0. The van der Waals surface area contributed by atoms with Gasteiger partial charge in [-0.25, -0.2) is 0 Å². The Hall–Kier alpha value is -1.25. The second kappa shape index (κ2) is 4.12. The summed E-state index contributed by atoms with van der Waals surface area (Å²) in [7, 11) is 0. The predicted molar refractivity (Wildman–Crippen MR) is 83.8 cm³/mol. The summed E-state index contributed by atoms with van der Waals surface area (Å²) in [6, 6.07) is 7.91. The number of furan rings is 1. The molecule has 1 aliphatic carbocycles. The first kappa shape index (κ1) is 11.6. The third-order valence-electron chi connectivity index (χ3n) is 3.66. The molecule has 94 valence electrons. The van der Waals surface area contributed by atoms with Gasteiger partial charge in [0.2, 0.25) is 0 Å². The molecule has 0 fully saturated rings. The maximum Gasteiger partial charge on any atom is 0.139 e. The average molecular weight is 334 g/mol. The van der Waals surface area contributed by atoms with Gasteiger partial charge in [0.1, 0.15) is 11.2 Å². The molecule has 1 nitrogen and oxygen atoms in total. The molecule has 0 radical (unpaired) electrons. The fourth-order valence-corrected chi connectivity index (χ4v) is 3.56. The molecule has 19 heavy (non-hydrogen) atoms. The van der Waals surface area contributed by atoms with Crippen molar-refractivity contribution >= 4 is 55.5 Å². The fourth-order valence-electron chi connectivity index (χ4n) is 2.78. The predicted octanol–water partition coefficient (Wildman–Crippen LogP) is 5.96. The number of fused-ring (bicyclic) bond motifs is 5. The van der Waals surface area contributed by atoms with Gasteiger partial charge in [-0.3, -0.25) is 0 Å². The number of rotatable bonds is 0. The van der Waals surface area contributed by atoms with Crippen molar-refractivity contribution < 1.29 is 4.42 Å². The highest BCUT2D eigenvalue weighted by Crippen LogP contribution is 2.39. The molecule has 1 aromatic heterocycles. The van der Waals surface area contributed by atoms with Crippen molar-refractivity contribution in [2.45, 2.75) is 12.8 Å². The summed E-state index contributed by atoms with van der Waals surface area (Å²) < 4.78 is 7.17. The Bertz CT molecular complexity index is 845. The van der Waals surface area contributed by atoms with Crippen LogP contribution in [0.15, 0.2) is 39.2 Å². The quantitative estimate of drug-likeness (QED) is 0.494. The molecule has 0 atom stereocenters. The molecule has 4 rings (SSSR count). The normalized spacial score (nSPS) is 14.2. The van der Waals surface area contributed by atoms with E-state index >= 15 is 0 Å². The van der Waals surface area contributed by atoms with Crippen molar-refractivity contribution in [2.24, 2.45) is 0 Å². The van der Waals surface area contributed by atoms with Crippen LogP contribution in [0.4, 0.5) is 0 Å². The van der Waals surface area contributed by atoms with E-state index < -0.39 is 0 Å². The molecule has 0 aliphatic heterocycles. The average Bonchev–Trinajstić information content (AvgIpc) is 2.78. The van der Waals surface area contributed by atoms with Gasteiger partial charge in [-0.05, 0) is 42.7 Å². The molecule has 1 heterocycles. The van der Waals surface area contributed by atoms with Gasteiger partial charge in [0.05, 0.1) is 0 Å². The van der Waals surface area contributed by atoms with E-state index in [0.29, 0.717) is 0 Å². The van der Waals surface area contributed by atoms with Crippen molar-refractivity contribution in [1.29, 1.82) is 0 Å². The largest absolute Gasteiger partial charge is 0.456 e. The van der Waals surface area contributed by atoms with Gasteiger partial charge in [0, 0.05) is 25.8 Å². The van der Waals surface area contributed by atoms with Crippen molar-refractivity contribution in [2.75, 3.05) is 0 Å².